The van der Waals surface area contributed by atoms with Crippen LogP contribution in [-0.2, 0) is 0 Å². The highest BCUT2D eigenvalue weighted by Gasteiger charge is 2.22. The van der Waals surface area contributed by atoms with Gasteiger partial charge in [0.15, 0.2) is 0 Å². The van der Waals surface area contributed by atoms with Gasteiger partial charge in [-0.05, 0) is 89.4 Å². The molecule has 0 atom stereocenters. The van der Waals surface area contributed by atoms with Gasteiger partial charge >= 0.3 is 0 Å². The topological polar surface area (TPSA) is 9.23 Å². The molecule has 1 nitrogen and oxygen atoms in total. The smallest absolute Gasteiger partial charge is 0.135 e. The summed E-state index contributed by atoms with van der Waals surface area (Å²) < 4.78 is 6.59. The van der Waals surface area contributed by atoms with Gasteiger partial charge in [-0.15, -0.1) is 0 Å². The maximum Gasteiger partial charge on any atom is 0.135 e. The van der Waals surface area contributed by atoms with E-state index in [1.54, 1.807) is 0 Å². The van der Waals surface area contributed by atoms with E-state index in [1.165, 1.54) is 70.6 Å². The van der Waals surface area contributed by atoms with Crippen LogP contribution in [0.5, 0.6) is 11.5 Å². The summed E-state index contributed by atoms with van der Waals surface area (Å²) >= 11 is 0. The molecule has 39 heavy (non-hydrogen) atoms. The predicted octanol–water partition coefficient (Wildman–Crippen LogP) is 10.9. The van der Waals surface area contributed by atoms with Gasteiger partial charge in [0.05, 0.1) is 0 Å². The fourth-order valence-electron chi connectivity index (χ4n) is 6.75. The molecule has 9 rings (SSSR count). The SMILES string of the molecule is c1ccc2c(-c3ccc4c(c3)Oc3cccc5cccc-4c35)c3c4ccccc4c4ccccc4c3cc2c1. The van der Waals surface area contributed by atoms with Crippen molar-refractivity contribution in [3.8, 4) is 33.8 Å². The summed E-state index contributed by atoms with van der Waals surface area (Å²) in [5.74, 6) is 1.83. The molecule has 1 heteroatoms. The highest BCUT2D eigenvalue weighted by molar-refractivity contribution is 6.32. The lowest BCUT2D eigenvalue weighted by atomic mass is 9.85. The lowest BCUT2D eigenvalue weighted by Gasteiger charge is -2.23. The largest absolute Gasteiger partial charge is 0.456 e. The molecule has 0 unspecified atom stereocenters. The standard InChI is InChI=1S/C38H22O/c1-2-12-26-24(9-1)21-33-29-15-4-3-13-27(29)28-14-5-6-16-31(28)38(33)37(26)25-19-20-30-32-17-7-10-23-11-8-18-34(36(23)32)39-35(30)22-25/h1-22H. The van der Waals surface area contributed by atoms with Crippen molar-refractivity contribution in [1.29, 1.82) is 0 Å². The predicted molar refractivity (Wildman–Crippen MR) is 165 cm³/mol. The quantitative estimate of drug-likeness (QED) is 0.163. The maximum atomic E-state index is 6.59. The van der Waals surface area contributed by atoms with Crippen LogP contribution in [0.2, 0.25) is 0 Å². The molecule has 1 aliphatic rings. The van der Waals surface area contributed by atoms with Gasteiger partial charge in [0.2, 0.25) is 0 Å². The molecule has 0 spiro atoms. The van der Waals surface area contributed by atoms with Crippen molar-refractivity contribution in [2.75, 3.05) is 0 Å². The second kappa shape index (κ2) is 7.69. The first-order valence-electron chi connectivity index (χ1n) is 13.4. The third-order valence-electron chi connectivity index (χ3n) is 8.40. The van der Waals surface area contributed by atoms with E-state index in [4.69, 9.17) is 4.74 Å². The van der Waals surface area contributed by atoms with E-state index in [2.05, 4.69) is 133 Å². The van der Waals surface area contributed by atoms with Crippen molar-refractivity contribution in [3.05, 3.63) is 133 Å². The lowest BCUT2D eigenvalue weighted by Crippen LogP contribution is -1.97. The van der Waals surface area contributed by atoms with E-state index < -0.39 is 0 Å². The monoisotopic (exact) mass is 494 g/mol. The molecule has 0 radical (unpaired) electrons. The van der Waals surface area contributed by atoms with Crippen LogP contribution < -0.4 is 4.74 Å². The van der Waals surface area contributed by atoms with Gasteiger partial charge < -0.3 is 4.74 Å². The zero-order valence-electron chi connectivity index (χ0n) is 21.1. The first-order valence-corrected chi connectivity index (χ1v) is 13.4. The van der Waals surface area contributed by atoms with Crippen molar-refractivity contribution >= 4 is 53.9 Å². The average Bonchev–Trinajstić information content (AvgIpc) is 3.00. The first-order chi connectivity index (χ1) is 19.3. The molecule has 0 aliphatic carbocycles. The van der Waals surface area contributed by atoms with Crippen LogP contribution in [0.15, 0.2) is 133 Å². The Morgan fingerprint density at radius 1 is 0.359 bits per heavy atom. The maximum absolute atomic E-state index is 6.59. The van der Waals surface area contributed by atoms with Gasteiger partial charge in [-0.1, -0.05) is 109 Å². The molecule has 180 valence electrons. The van der Waals surface area contributed by atoms with Crippen LogP contribution in [0.3, 0.4) is 0 Å². The normalized spacial score (nSPS) is 12.3. The van der Waals surface area contributed by atoms with Gasteiger partial charge in [0.1, 0.15) is 11.5 Å². The van der Waals surface area contributed by atoms with Crippen molar-refractivity contribution in [2.24, 2.45) is 0 Å². The molecule has 0 aromatic heterocycles. The van der Waals surface area contributed by atoms with E-state index >= 15 is 0 Å². The molecule has 8 aromatic rings. The summed E-state index contributed by atoms with van der Waals surface area (Å²) in [5.41, 5.74) is 4.80. The molecule has 8 aromatic carbocycles. The van der Waals surface area contributed by atoms with Gasteiger partial charge in [0.25, 0.3) is 0 Å². The summed E-state index contributed by atoms with van der Waals surface area (Å²) in [5, 5.41) is 12.6. The average molecular weight is 495 g/mol. The highest BCUT2D eigenvalue weighted by Crippen LogP contribution is 2.49. The van der Waals surface area contributed by atoms with Crippen LogP contribution in [0.4, 0.5) is 0 Å². The number of ether oxygens (including phenoxy) is 1. The van der Waals surface area contributed by atoms with Gasteiger partial charge in [-0.25, -0.2) is 0 Å². The summed E-state index contributed by atoms with van der Waals surface area (Å²) in [4.78, 5) is 0. The summed E-state index contributed by atoms with van der Waals surface area (Å²) in [7, 11) is 0. The van der Waals surface area contributed by atoms with E-state index in [1.807, 2.05) is 0 Å². The minimum absolute atomic E-state index is 0.907. The molecule has 0 saturated heterocycles. The van der Waals surface area contributed by atoms with Crippen LogP contribution in [0.1, 0.15) is 0 Å². The summed E-state index contributed by atoms with van der Waals surface area (Å²) in [6.07, 6.45) is 0. The molecule has 0 saturated carbocycles. The van der Waals surface area contributed by atoms with E-state index in [0.29, 0.717) is 0 Å². The lowest BCUT2D eigenvalue weighted by molar-refractivity contribution is 0.487. The molecule has 0 N–H and O–H groups in total. The molecule has 1 heterocycles. The highest BCUT2D eigenvalue weighted by atomic mass is 16.5. The summed E-state index contributed by atoms with van der Waals surface area (Å²) in [6, 6.07) is 48.3. The Bertz CT molecular complexity index is 2300. The van der Waals surface area contributed by atoms with Crippen molar-refractivity contribution < 1.29 is 4.74 Å². The Labute approximate surface area is 225 Å². The zero-order chi connectivity index (χ0) is 25.5. The number of rotatable bonds is 1. The minimum atomic E-state index is 0.907. The Morgan fingerprint density at radius 2 is 1.00 bits per heavy atom. The third-order valence-corrected chi connectivity index (χ3v) is 8.40. The number of fused-ring (bicyclic) bond motifs is 9. The molecule has 0 bridgehead atoms. The molecule has 0 fully saturated rings. The van der Waals surface area contributed by atoms with Crippen LogP contribution >= 0.6 is 0 Å². The molecule has 0 amide bonds. The van der Waals surface area contributed by atoms with Crippen LogP contribution in [0.25, 0.3) is 76.1 Å². The Morgan fingerprint density at radius 3 is 1.82 bits per heavy atom. The van der Waals surface area contributed by atoms with Crippen LogP contribution in [0, 0.1) is 0 Å². The van der Waals surface area contributed by atoms with E-state index in [9.17, 15) is 0 Å². The van der Waals surface area contributed by atoms with Crippen LogP contribution in [-0.4, -0.2) is 0 Å². The first kappa shape index (κ1) is 20.9. The number of hydrogen-bond donors (Lipinski definition) is 0. The number of hydrogen-bond acceptors (Lipinski definition) is 1. The number of benzene rings is 8. The Hall–Kier alpha value is -5.14. The van der Waals surface area contributed by atoms with Gasteiger partial charge in [0, 0.05) is 10.9 Å². The fraction of sp³-hybridized carbons (Fsp3) is 0. The van der Waals surface area contributed by atoms with Gasteiger partial charge in [-0.3, -0.25) is 0 Å². The van der Waals surface area contributed by atoms with Crippen molar-refractivity contribution in [3.63, 3.8) is 0 Å². The molecule has 1 aliphatic heterocycles. The third kappa shape index (κ3) is 2.85. The second-order valence-electron chi connectivity index (χ2n) is 10.5. The summed E-state index contributed by atoms with van der Waals surface area (Å²) in [6.45, 7) is 0. The van der Waals surface area contributed by atoms with Gasteiger partial charge in [-0.2, -0.15) is 0 Å². The Kier molecular flexibility index (Phi) is 4.11. The van der Waals surface area contributed by atoms with Crippen molar-refractivity contribution in [1.82, 2.24) is 0 Å². The fourth-order valence-corrected chi connectivity index (χ4v) is 6.75. The molecular formula is C38H22O. The second-order valence-corrected chi connectivity index (χ2v) is 10.5. The van der Waals surface area contributed by atoms with E-state index in [-0.39, 0.29) is 0 Å². The Balaban J connectivity index is 1.43. The van der Waals surface area contributed by atoms with E-state index in [0.717, 1.165) is 17.1 Å². The van der Waals surface area contributed by atoms with Crippen molar-refractivity contribution in [2.45, 2.75) is 0 Å². The zero-order valence-corrected chi connectivity index (χ0v) is 21.1. The molecular weight excluding hydrogens is 472 g/mol. The minimum Gasteiger partial charge on any atom is -0.456 e.